The minimum Gasteiger partial charge on any atom is -0.479 e. The Labute approximate surface area is 164 Å². The fourth-order valence-electron chi connectivity index (χ4n) is 2.80. The molecule has 1 aromatic rings. The smallest absolute Gasteiger partial charge is 0.479 e. The SMILES string of the molecule is O=C(Cc1ccc(OP(=O)(O)O)cc1)NCC[C@@H]1O[C@@H](C(=O)O)[C@@H](O)[C@H](O)[C@H]1O. The molecule has 0 radical (unpaired) electrons. The van der Waals surface area contributed by atoms with E-state index in [1.807, 2.05) is 0 Å². The Morgan fingerprint density at radius 2 is 1.69 bits per heavy atom. The number of rotatable bonds is 8. The van der Waals surface area contributed by atoms with E-state index < -0.39 is 50.2 Å². The first-order valence-corrected chi connectivity index (χ1v) is 10.0. The lowest BCUT2D eigenvalue weighted by Crippen LogP contribution is -2.60. The molecule has 0 unspecified atom stereocenters. The lowest BCUT2D eigenvalue weighted by molar-refractivity contribution is -0.228. The Balaban J connectivity index is 1.82. The third kappa shape index (κ3) is 6.75. The molecule has 0 bridgehead atoms. The monoisotopic (exact) mass is 435 g/mol. The zero-order valence-corrected chi connectivity index (χ0v) is 15.9. The Morgan fingerprint density at radius 3 is 2.24 bits per heavy atom. The van der Waals surface area contributed by atoms with Crippen molar-refractivity contribution in [1.29, 1.82) is 0 Å². The van der Waals surface area contributed by atoms with E-state index in [-0.39, 0.29) is 25.1 Å². The third-order valence-corrected chi connectivity index (χ3v) is 4.67. The molecule has 7 N–H and O–H groups in total. The van der Waals surface area contributed by atoms with Crippen LogP contribution < -0.4 is 9.84 Å². The second-order valence-electron chi connectivity index (χ2n) is 6.45. The summed E-state index contributed by atoms with van der Waals surface area (Å²) >= 11 is 0. The molecule has 1 fully saturated rings. The maximum atomic E-state index is 12.0. The third-order valence-electron chi connectivity index (χ3n) is 4.22. The van der Waals surface area contributed by atoms with Gasteiger partial charge in [-0.2, -0.15) is 0 Å². The number of aliphatic hydroxyl groups is 3. The summed E-state index contributed by atoms with van der Waals surface area (Å²) in [5.41, 5.74) is 0.541. The van der Waals surface area contributed by atoms with Gasteiger partial charge in [-0.25, -0.2) is 9.36 Å². The minimum absolute atomic E-state index is 0.00443. The molecule has 1 amide bonds. The van der Waals surface area contributed by atoms with Gasteiger partial charge in [-0.15, -0.1) is 0 Å². The maximum absolute atomic E-state index is 12.0. The number of hydrogen-bond donors (Lipinski definition) is 7. The number of hydrogen-bond acceptors (Lipinski definition) is 8. The van der Waals surface area contributed by atoms with Gasteiger partial charge < -0.3 is 35.0 Å². The molecule has 162 valence electrons. The van der Waals surface area contributed by atoms with Gasteiger partial charge in [0.2, 0.25) is 5.91 Å². The molecular weight excluding hydrogens is 413 g/mol. The second-order valence-corrected chi connectivity index (χ2v) is 7.61. The Bertz CT molecular complexity index is 765. The van der Waals surface area contributed by atoms with Crippen LogP contribution in [0.5, 0.6) is 5.75 Å². The summed E-state index contributed by atoms with van der Waals surface area (Å²) in [6.45, 7) is 0.00904. The van der Waals surface area contributed by atoms with E-state index in [2.05, 4.69) is 9.84 Å². The molecule has 5 atom stereocenters. The first-order valence-electron chi connectivity index (χ1n) is 8.51. The molecule has 0 spiro atoms. The van der Waals surface area contributed by atoms with Crippen LogP contribution in [0, 0.1) is 0 Å². The summed E-state index contributed by atoms with van der Waals surface area (Å²) in [5.74, 6) is -1.95. The average Bonchev–Trinajstić information content (AvgIpc) is 2.62. The van der Waals surface area contributed by atoms with Gasteiger partial charge in [-0.1, -0.05) is 12.1 Å². The highest BCUT2D eigenvalue weighted by Crippen LogP contribution is 2.37. The van der Waals surface area contributed by atoms with Crippen molar-refractivity contribution in [3.8, 4) is 5.75 Å². The van der Waals surface area contributed by atoms with Crippen LogP contribution in [0.4, 0.5) is 0 Å². The molecular formula is C16H22NO11P. The summed E-state index contributed by atoms with van der Waals surface area (Å²) in [5, 5.41) is 40.8. The van der Waals surface area contributed by atoms with Gasteiger partial charge in [-0.3, -0.25) is 14.6 Å². The molecule has 1 heterocycles. The van der Waals surface area contributed by atoms with Crippen LogP contribution in [-0.2, 0) is 25.3 Å². The van der Waals surface area contributed by atoms with Gasteiger partial charge in [0.05, 0.1) is 12.5 Å². The van der Waals surface area contributed by atoms with E-state index in [1.54, 1.807) is 0 Å². The molecule has 29 heavy (non-hydrogen) atoms. The van der Waals surface area contributed by atoms with E-state index >= 15 is 0 Å². The van der Waals surface area contributed by atoms with Crippen LogP contribution in [0.3, 0.4) is 0 Å². The fourth-order valence-corrected chi connectivity index (χ4v) is 3.20. The number of ether oxygens (including phenoxy) is 1. The van der Waals surface area contributed by atoms with Gasteiger partial charge in [-0.05, 0) is 24.1 Å². The van der Waals surface area contributed by atoms with Crippen molar-refractivity contribution >= 4 is 19.7 Å². The van der Waals surface area contributed by atoms with E-state index in [9.17, 15) is 29.5 Å². The number of phosphoric ester groups is 1. The predicted octanol–water partition coefficient (Wildman–Crippen LogP) is -1.86. The number of carbonyl (C=O) groups is 2. The van der Waals surface area contributed by atoms with E-state index in [0.717, 1.165) is 0 Å². The lowest BCUT2D eigenvalue weighted by atomic mass is 9.93. The van der Waals surface area contributed by atoms with Gasteiger partial charge in [0.25, 0.3) is 0 Å². The van der Waals surface area contributed by atoms with Gasteiger partial charge >= 0.3 is 13.8 Å². The molecule has 0 aromatic heterocycles. The molecule has 1 aromatic carbocycles. The second kappa shape index (κ2) is 9.63. The molecule has 1 aliphatic heterocycles. The number of aliphatic hydroxyl groups excluding tert-OH is 3. The molecule has 0 aliphatic carbocycles. The van der Waals surface area contributed by atoms with Crippen molar-refractivity contribution in [3.63, 3.8) is 0 Å². The zero-order chi connectivity index (χ0) is 21.8. The van der Waals surface area contributed by atoms with Crippen LogP contribution in [-0.4, -0.2) is 79.2 Å². The molecule has 1 aliphatic rings. The van der Waals surface area contributed by atoms with Gasteiger partial charge in [0.15, 0.2) is 6.10 Å². The van der Waals surface area contributed by atoms with Crippen LogP contribution in [0.15, 0.2) is 24.3 Å². The molecule has 0 saturated carbocycles. The number of carboxylic acids is 1. The van der Waals surface area contributed by atoms with Crippen molar-refractivity contribution in [2.24, 2.45) is 0 Å². The van der Waals surface area contributed by atoms with Crippen molar-refractivity contribution in [2.75, 3.05) is 6.54 Å². The van der Waals surface area contributed by atoms with E-state index in [4.69, 9.17) is 19.6 Å². The normalized spacial score (nSPS) is 27.3. The van der Waals surface area contributed by atoms with Gasteiger partial charge in [0, 0.05) is 6.54 Å². The topological polar surface area (TPSA) is 203 Å². The maximum Gasteiger partial charge on any atom is 0.524 e. The number of carbonyl (C=O) groups excluding carboxylic acids is 1. The Hall–Kier alpha value is -2.05. The number of amides is 1. The largest absolute Gasteiger partial charge is 0.524 e. The van der Waals surface area contributed by atoms with Crippen LogP contribution in [0.25, 0.3) is 0 Å². The zero-order valence-electron chi connectivity index (χ0n) is 15.0. The van der Waals surface area contributed by atoms with Crippen molar-refractivity contribution in [3.05, 3.63) is 29.8 Å². The molecule has 1 saturated heterocycles. The molecule has 2 rings (SSSR count). The summed E-state index contributed by atoms with van der Waals surface area (Å²) < 4.78 is 20.3. The summed E-state index contributed by atoms with van der Waals surface area (Å²) in [6.07, 6.45) is -7.83. The Morgan fingerprint density at radius 1 is 1.07 bits per heavy atom. The summed E-state index contributed by atoms with van der Waals surface area (Å²) in [7, 11) is -4.66. The average molecular weight is 435 g/mol. The Kier molecular flexibility index (Phi) is 7.72. The standard InChI is InChI=1S/C16H22NO11P/c18-11(7-8-1-3-9(4-2-8)28-29(24,25)26)17-6-5-10-12(19)13(20)14(21)15(27-10)16(22)23/h1-4,10,12-15,19-21H,5-7H2,(H,17,18)(H,22,23)(H2,24,25,26)/t10-,12-,13+,14-,15+/m0/s1. The summed E-state index contributed by atoms with van der Waals surface area (Å²) in [4.78, 5) is 40.5. The number of nitrogens with one attached hydrogen (secondary N) is 1. The number of benzene rings is 1. The highest BCUT2D eigenvalue weighted by molar-refractivity contribution is 7.46. The summed E-state index contributed by atoms with van der Waals surface area (Å²) in [6, 6.07) is 5.50. The van der Waals surface area contributed by atoms with Crippen molar-refractivity contribution < 1.29 is 53.6 Å². The highest BCUT2D eigenvalue weighted by atomic mass is 31.2. The van der Waals surface area contributed by atoms with Crippen molar-refractivity contribution in [2.45, 2.75) is 43.4 Å². The quantitative estimate of drug-likeness (QED) is 0.226. The predicted molar refractivity (Wildman–Crippen MR) is 94.8 cm³/mol. The first-order chi connectivity index (χ1) is 13.5. The lowest BCUT2D eigenvalue weighted by Gasteiger charge is -2.38. The van der Waals surface area contributed by atoms with E-state index in [0.29, 0.717) is 5.56 Å². The first kappa shape index (κ1) is 23.2. The molecule has 12 nitrogen and oxygen atoms in total. The number of phosphoric acid groups is 1. The van der Waals surface area contributed by atoms with Crippen LogP contribution >= 0.6 is 7.82 Å². The van der Waals surface area contributed by atoms with E-state index in [1.165, 1.54) is 24.3 Å². The minimum atomic E-state index is -4.66. The van der Waals surface area contributed by atoms with Gasteiger partial charge in [0.1, 0.15) is 24.1 Å². The fraction of sp³-hybridized carbons (Fsp3) is 0.500. The number of carboxylic acid groups (broad SMARTS) is 1. The van der Waals surface area contributed by atoms with Crippen LogP contribution in [0.2, 0.25) is 0 Å². The molecule has 13 heteroatoms. The van der Waals surface area contributed by atoms with Crippen molar-refractivity contribution in [1.82, 2.24) is 5.32 Å². The van der Waals surface area contributed by atoms with Crippen LogP contribution in [0.1, 0.15) is 12.0 Å². The number of aliphatic carboxylic acids is 1. The highest BCUT2D eigenvalue weighted by Gasteiger charge is 2.46.